The molecule has 0 spiro atoms. The molecule has 92 valence electrons. The number of anilines is 1. The number of benzene rings is 1. The summed E-state index contributed by atoms with van der Waals surface area (Å²) in [6.07, 6.45) is 0. The van der Waals surface area contributed by atoms with Gasteiger partial charge in [-0.3, -0.25) is 4.79 Å². The van der Waals surface area contributed by atoms with E-state index >= 15 is 0 Å². The average Bonchev–Trinajstić information content (AvgIpc) is 2.36. The summed E-state index contributed by atoms with van der Waals surface area (Å²) in [5.74, 6) is -0.262. The van der Waals surface area contributed by atoms with Crippen LogP contribution in [0.2, 0.25) is 0 Å². The predicted molar refractivity (Wildman–Crippen MR) is 65.9 cm³/mol. The monoisotopic (exact) mass is 236 g/mol. The van der Waals surface area contributed by atoms with Gasteiger partial charge in [0.05, 0.1) is 11.3 Å². The number of amides is 3. The zero-order valence-electron chi connectivity index (χ0n) is 9.62. The van der Waals surface area contributed by atoms with E-state index < -0.39 is 0 Å². The highest BCUT2D eigenvalue weighted by atomic mass is 16.2. The number of urea groups is 1. The van der Waals surface area contributed by atoms with Gasteiger partial charge in [0.25, 0.3) is 5.91 Å². The van der Waals surface area contributed by atoms with Gasteiger partial charge in [-0.05, 0) is 12.1 Å². The van der Waals surface area contributed by atoms with Crippen molar-refractivity contribution in [2.75, 3.05) is 25.5 Å². The summed E-state index contributed by atoms with van der Waals surface area (Å²) in [6, 6.07) is 6.39. The van der Waals surface area contributed by atoms with Crippen molar-refractivity contribution in [1.82, 2.24) is 10.6 Å². The van der Waals surface area contributed by atoms with Crippen molar-refractivity contribution >= 4 is 17.6 Å². The molecule has 1 aromatic rings. The van der Waals surface area contributed by atoms with Crippen LogP contribution in [0.15, 0.2) is 24.3 Å². The minimum atomic E-state index is -0.371. The summed E-state index contributed by atoms with van der Waals surface area (Å²) >= 11 is 0. The van der Waals surface area contributed by atoms with E-state index in [0.29, 0.717) is 24.3 Å². The quantitative estimate of drug-likeness (QED) is 0.598. The van der Waals surface area contributed by atoms with E-state index in [1.807, 2.05) is 0 Å². The summed E-state index contributed by atoms with van der Waals surface area (Å²) in [5.41, 5.74) is 6.17. The number of hydrogen-bond acceptors (Lipinski definition) is 3. The summed E-state index contributed by atoms with van der Waals surface area (Å²) in [5, 5.41) is 7.64. The van der Waals surface area contributed by atoms with Crippen LogP contribution < -0.4 is 21.7 Å². The Morgan fingerprint density at radius 1 is 1.29 bits per heavy atom. The largest absolute Gasteiger partial charge is 0.351 e. The summed E-state index contributed by atoms with van der Waals surface area (Å²) in [4.78, 5) is 23.0. The zero-order chi connectivity index (χ0) is 12.7. The number of nitrogens with one attached hydrogen (secondary N) is 3. The molecule has 17 heavy (non-hydrogen) atoms. The van der Waals surface area contributed by atoms with Crippen LogP contribution in [0.4, 0.5) is 10.5 Å². The fourth-order valence-electron chi connectivity index (χ4n) is 1.26. The first-order valence-corrected chi connectivity index (χ1v) is 5.25. The Bertz CT molecular complexity index is 406. The fourth-order valence-corrected chi connectivity index (χ4v) is 1.26. The molecule has 0 aliphatic rings. The molecular weight excluding hydrogens is 220 g/mol. The van der Waals surface area contributed by atoms with Crippen LogP contribution >= 0.6 is 0 Å². The number of rotatable bonds is 4. The van der Waals surface area contributed by atoms with Gasteiger partial charge in [-0.25, -0.2) is 4.79 Å². The average molecular weight is 236 g/mol. The van der Waals surface area contributed by atoms with Gasteiger partial charge >= 0.3 is 6.03 Å². The molecule has 0 saturated carbocycles. The van der Waals surface area contributed by atoms with Crippen LogP contribution in [0, 0.1) is 0 Å². The van der Waals surface area contributed by atoms with Crippen LogP contribution in [0.5, 0.6) is 0 Å². The third-order valence-corrected chi connectivity index (χ3v) is 2.08. The minimum absolute atomic E-state index is 0.262. The first-order chi connectivity index (χ1) is 8.19. The second kappa shape index (κ2) is 6.49. The molecule has 0 bridgehead atoms. The Morgan fingerprint density at radius 3 is 2.65 bits per heavy atom. The summed E-state index contributed by atoms with van der Waals surface area (Å²) in [6.45, 7) is 0.768. The number of carbonyl (C=O) groups excluding carboxylic acids is 2. The lowest BCUT2D eigenvalue weighted by Crippen LogP contribution is -2.31. The molecule has 0 saturated heterocycles. The van der Waals surface area contributed by atoms with Crippen LogP contribution in [0.25, 0.3) is 0 Å². The van der Waals surface area contributed by atoms with Crippen molar-refractivity contribution in [3.8, 4) is 0 Å². The Morgan fingerprint density at radius 2 is 2.00 bits per heavy atom. The molecule has 1 aromatic carbocycles. The van der Waals surface area contributed by atoms with Gasteiger partial charge in [0.15, 0.2) is 0 Å². The molecule has 3 amide bonds. The molecule has 5 N–H and O–H groups in total. The highest BCUT2D eigenvalue weighted by molar-refractivity contribution is 6.03. The van der Waals surface area contributed by atoms with Crippen molar-refractivity contribution in [2.24, 2.45) is 5.73 Å². The normalized spacial score (nSPS) is 9.53. The van der Waals surface area contributed by atoms with E-state index in [2.05, 4.69) is 16.0 Å². The number of carbonyl (C=O) groups is 2. The maximum atomic E-state index is 11.8. The molecule has 0 aliphatic carbocycles. The Kier molecular flexibility index (Phi) is 4.96. The first-order valence-electron chi connectivity index (χ1n) is 5.25. The van der Waals surface area contributed by atoms with Crippen molar-refractivity contribution < 1.29 is 9.59 Å². The second-order valence-electron chi connectivity index (χ2n) is 3.29. The van der Waals surface area contributed by atoms with Crippen LogP contribution in [0.3, 0.4) is 0 Å². The van der Waals surface area contributed by atoms with Gasteiger partial charge in [0.1, 0.15) is 0 Å². The van der Waals surface area contributed by atoms with Crippen molar-refractivity contribution in [1.29, 1.82) is 0 Å². The highest BCUT2D eigenvalue weighted by Crippen LogP contribution is 2.14. The van der Waals surface area contributed by atoms with Crippen LogP contribution in [0.1, 0.15) is 10.4 Å². The maximum absolute atomic E-state index is 11.8. The summed E-state index contributed by atoms with van der Waals surface area (Å²) < 4.78 is 0. The Labute approximate surface area is 99.6 Å². The first kappa shape index (κ1) is 13.0. The van der Waals surface area contributed by atoms with Crippen molar-refractivity contribution in [3.05, 3.63) is 29.8 Å². The smallest absolute Gasteiger partial charge is 0.318 e. The van der Waals surface area contributed by atoms with Crippen molar-refractivity contribution in [3.63, 3.8) is 0 Å². The highest BCUT2D eigenvalue weighted by Gasteiger charge is 2.11. The molecule has 6 nitrogen and oxygen atoms in total. The standard InChI is InChI=1S/C11H16N4O2/c1-13-11(17)15-9-5-3-2-4-8(9)10(16)14-7-6-12/h2-5H,6-7,12H2,1H3,(H,14,16)(H2,13,15,17). The van der Waals surface area contributed by atoms with Gasteiger partial charge in [0.2, 0.25) is 0 Å². The Balaban J connectivity index is 2.83. The zero-order valence-corrected chi connectivity index (χ0v) is 9.62. The SMILES string of the molecule is CNC(=O)Nc1ccccc1C(=O)NCCN. The number of para-hydroxylation sites is 1. The fraction of sp³-hybridized carbons (Fsp3) is 0.273. The van der Waals surface area contributed by atoms with E-state index in [9.17, 15) is 9.59 Å². The molecule has 0 heterocycles. The van der Waals surface area contributed by atoms with Crippen LogP contribution in [-0.2, 0) is 0 Å². The van der Waals surface area contributed by atoms with Gasteiger partial charge < -0.3 is 21.7 Å². The van der Waals surface area contributed by atoms with E-state index in [1.54, 1.807) is 24.3 Å². The predicted octanol–water partition coefficient (Wildman–Crippen LogP) is 0.126. The Hall–Kier alpha value is -2.08. The van der Waals surface area contributed by atoms with Gasteiger partial charge in [0, 0.05) is 20.1 Å². The van der Waals surface area contributed by atoms with E-state index in [4.69, 9.17) is 5.73 Å². The lowest BCUT2D eigenvalue weighted by Gasteiger charge is -2.10. The van der Waals surface area contributed by atoms with E-state index in [1.165, 1.54) is 7.05 Å². The lowest BCUT2D eigenvalue weighted by molar-refractivity contribution is 0.0955. The molecule has 0 aliphatic heterocycles. The van der Waals surface area contributed by atoms with E-state index in [0.717, 1.165) is 0 Å². The molecule has 0 fully saturated rings. The lowest BCUT2D eigenvalue weighted by atomic mass is 10.1. The maximum Gasteiger partial charge on any atom is 0.318 e. The molecule has 0 aromatic heterocycles. The number of nitrogens with two attached hydrogens (primary N) is 1. The second-order valence-corrected chi connectivity index (χ2v) is 3.29. The van der Waals surface area contributed by atoms with Gasteiger partial charge in [-0.15, -0.1) is 0 Å². The molecule has 1 rings (SSSR count). The van der Waals surface area contributed by atoms with Crippen LogP contribution in [-0.4, -0.2) is 32.1 Å². The molecular formula is C11H16N4O2. The van der Waals surface area contributed by atoms with Gasteiger partial charge in [-0.1, -0.05) is 12.1 Å². The topological polar surface area (TPSA) is 96.2 Å². The molecule has 0 radical (unpaired) electrons. The summed E-state index contributed by atoms with van der Waals surface area (Å²) in [7, 11) is 1.51. The van der Waals surface area contributed by atoms with E-state index in [-0.39, 0.29) is 11.9 Å². The third-order valence-electron chi connectivity index (χ3n) is 2.08. The molecule has 0 unspecified atom stereocenters. The third kappa shape index (κ3) is 3.76. The number of hydrogen-bond donors (Lipinski definition) is 4. The van der Waals surface area contributed by atoms with Crippen molar-refractivity contribution in [2.45, 2.75) is 0 Å². The van der Waals surface area contributed by atoms with Gasteiger partial charge in [-0.2, -0.15) is 0 Å². The molecule has 6 heteroatoms. The minimum Gasteiger partial charge on any atom is -0.351 e. The molecule has 0 atom stereocenters.